The van der Waals surface area contributed by atoms with Crippen LogP contribution in [0.25, 0.3) is 5.65 Å². The highest BCUT2D eigenvalue weighted by molar-refractivity contribution is 5.39. The molecule has 2 aromatic heterocycles. The molecule has 22 heavy (non-hydrogen) atoms. The van der Waals surface area contributed by atoms with Crippen molar-refractivity contribution in [2.45, 2.75) is 24.0 Å². The van der Waals surface area contributed by atoms with Crippen LogP contribution in [-0.4, -0.2) is 54.3 Å². The second kappa shape index (κ2) is 4.77. The number of nitrogens with one attached hydrogen (secondary N) is 1. The SMILES string of the molecule is C#C[C@]1(CO)O[C@@H](c2cnc3c(=O)[nH]c(N)nn23)[C@H](F)[C@@H]1O. The topological polar surface area (TPSA) is 139 Å². The minimum atomic E-state index is -1.94. The molecule has 0 radical (unpaired) electrons. The molecular weight excluding hydrogens is 297 g/mol. The molecule has 0 bridgehead atoms. The summed E-state index contributed by atoms with van der Waals surface area (Å²) in [5.74, 6) is 1.87. The highest BCUT2D eigenvalue weighted by Gasteiger charge is 2.55. The average molecular weight is 309 g/mol. The van der Waals surface area contributed by atoms with E-state index < -0.39 is 36.1 Å². The molecule has 9 nitrogen and oxygen atoms in total. The van der Waals surface area contributed by atoms with Crippen LogP contribution in [0.5, 0.6) is 0 Å². The van der Waals surface area contributed by atoms with Gasteiger partial charge in [-0.1, -0.05) is 5.92 Å². The lowest BCUT2D eigenvalue weighted by Gasteiger charge is -2.23. The van der Waals surface area contributed by atoms with Crippen molar-refractivity contribution in [2.75, 3.05) is 12.3 Å². The number of aliphatic hydroxyl groups is 2. The number of nitrogens with zero attached hydrogens (tertiary/aromatic N) is 3. The van der Waals surface area contributed by atoms with Crippen LogP contribution in [0.2, 0.25) is 0 Å². The van der Waals surface area contributed by atoms with Crippen molar-refractivity contribution in [1.29, 1.82) is 0 Å². The van der Waals surface area contributed by atoms with E-state index in [0.717, 1.165) is 4.52 Å². The Hall–Kier alpha value is -2.48. The van der Waals surface area contributed by atoms with E-state index in [1.165, 1.54) is 6.20 Å². The van der Waals surface area contributed by atoms with Crippen molar-refractivity contribution >= 4 is 11.6 Å². The monoisotopic (exact) mass is 309 g/mol. The van der Waals surface area contributed by atoms with Gasteiger partial charge in [0.1, 0.15) is 12.2 Å². The van der Waals surface area contributed by atoms with Crippen molar-refractivity contribution in [3.05, 3.63) is 22.2 Å². The van der Waals surface area contributed by atoms with E-state index in [2.05, 4.69) is 21.0 Å². The largest absolute Gasteiger partial charge is 0.392 e. The number of hydrogen-bond donors (Lipinski definition) is 4. The number of aromatic nitrogens is 4. The number of nitrogen functional groups attached to an aromatic ring is 1. The minimum absolute atomic E-state index is 0.0462. The number of alkyl halides is 1. The summed E-state index contributed by atoms with van der Waals surface area (Å²) in [5, 5.41) is 23.1. The summed E-state index contributed by atoms with van der Waals surface area (Å²) in [7, 11) is 0. The first-order valence-electron chi connectivity index (χ1n) is 6.25. The van der Waals surface area contributed by atoms with Gasteiger partial charge in [0, 0.05) is 0 Å². The van der Waals surface area contributed by atoms with E-state index in [1.54, 1.807) is 0 Å². The minimum Gasteiger partial charge on any atom is -0.392 e. The third-order valence-electron chi connectivity index (χ3n) is 3.59. The van der Waals surface area contributed by atoms with Gasteiger partial charge in [-0.15, -0.1) is 11.5 Å². The van der Waals surface area contributed by atoms with Gasteiger partial charge >= 0.3 is 0 Å². The molecule has 4 atom stereocenters. The van der Waals surface area contributed by atoms with Gasteiger partial charge in [0.15, 0.2) is 11.8 Å². The number of aromatic amines is 1. The Kier molecular flexibility index (Phi) is 3.13. The summed E-state index contributed by atoms with van der Waals surface area (Å²) in [6, 6.07) is 0. The van der Waals surface area contributed by atoms with Crippen LogP contribution in [0.1, 0.15) is 11.8 Å². The zero-order valence-electron chi connectivity index (χ0n) is 11.1. The molecule has 0 saturated carbocycles. The molecule has 2 aromatic rings. The van der Waals surface area contributed by atoms with Gasteiger partial charge in [0.05, 0.1) is 18.5 Å². The van der Waals surface area contributed by atoms with Crippen LogP contribution >= 0.6 is 0 Å². The molecule has 1 aliphatic rings. The van der Waals surface area contributed by atoms with Crippen LogP contribution in [0.4, 0.5) is 10.3 Å². The number of H-pyrrole nitrogens is 1. The zero-order chi connectivity index (χ0) is 16.1. The fourth-order valence-corrected chi connectivity index (χ4v) is 2.42. The third-order valence-corrected chi connectivity index (χ3v) is 3.59. The summed E-state index contributed by atoms with van der Waals surface area (Å²) in [4.78, 5) is 17.8. The molecule has 116 valence electrons. The van der Waals surface area contributed by atoms with E-state index in [0.29, 0.717) is 0 Å². The molecule has 0 spiro atoms. The van der Waals surface area contributed by atoms with E-state index in [4.69, 9.17) is 16.9 Å². The van der Waals surface area contributed by atoms with Gasteiger partial charge < -0.3 is 20.7 Å². The molecule has 3 rings (SSSR count). The Morgan fingerprint density at radius 2 is 2.41 bits per heavy atom. The van der Waals surface area contributed by atoms with Crippen molar-refractivity contribution in [2.24, 2.45) is 0 Å². The van der Waals surface area contributed by atoms with E-state index in [-0.39, 0.29) is 17.3 Å². The lowest BCUT2D eigenvalue weighted by molar-refractivity contribution is -0.0732. The number of rotatable bonds is 2. The van der Waals surface area contributed by atoms with Crippen molar-refractivity contribution < 1.29 is 19.3 Å². The molecule has 1 saturated heterocycles. The van der Waals surface area contributed by atoms with Gasteiger partial charge in [-0.2, -0.15) is 0 Å². The lowest BCUT2D eigenvalue weighted by Crippen LogP contribution is -2.44. The number of nitrogens with two attached hydrogens (primary N) is 1. The second-order valence-corrected chi connectivity index (χ2v) is 4.88. The molecule has 0 amide bonds. The van der Waals surface area contributed by atoms with Crippen molar-refractivity contribution in [1.82, 2.24) is 19.6 Å². The van der Waals surface area contributed by atoms with Gasteiger partial charge in [-0.05, 0) is 0 Å². The maximum Gasteiger partial charge on any atom is 0.295 e. The maximum absolute atomic E-state index is 14.4. The Labute approximate surface area is 122 Å². The Bertz CT molecular complexity index is 827. The first-order chi connectivity index (χ1) is 10.4. The van der Waals surface area contributed by atoms with Gasteiger partial charge in [-0.3, -0.25) is 9.78 Å². The average Bonchev–Trinajstić information content (AvgIpc) is 3.01. The number of ether oxygens (including phenoxy) is 1. The van der Waals surface area contributed by atoms with Crippen LogP contribution in [-0.2, 0) is 4.74 Å². The predicted octanol–water partition coefficient (Wildman–Crippen LogP) is -1.87. The normalized spacial score (nSPS) is 31.5. The summed E-state index contributed by atoms with van der Waals surface area (Å²) in [6.45, 7) is -0.769. The predicted molar refractivity (Wildman–Crippen MR) is 71.4 cm³/mol. The number of hydrogen-bond acceptors (Lipinski definition) is 7. The number of aliphatic hydroxyl groups excluding tert-OH is 2. The van der Waals surface area contributed by atoms with Gasteiger partial charge in [0.25, 0.3) is 5.56 Å². The molecule has 10 heteroatoms. The molecule has 3 heterocycles. The Morgan fingerprint density at radius 1 is 1.68 bits per heavy atom. The molecule has 0 aromatic carbocycles. The first kappa shape index (κ1) is 14.5. The van der Waals surface area contributed by atoms with E-state index in [9.17, 15) is 19.4 Å². The number of fused-ring (bicyclic) bond motifs is 1. The lowest BCUT2D eigenvalue weighted by atomic mass is 9.96. The fraction of sp³-hybridized carbons (Fsp3) is 0.417. The Morgan fingerprint density at radius 3 is 3.00 bits per heavy atom. The van der Waals surface area contributed by atoms with Crippen LogP contribution in [0.3, 0.4) is 0 Å². The van der Waals surface area contributed by atoms with E-state index in [1.807, 2.05) is 0 Å². The molecule has 0 aliphatic carbocycles. The zero-order valence-corrected chi connectivity index (χ0v) is 11.1. The first-order valence-corrected chi connectivity index (χ1v) is 6.25. The quantitative estimate of drug-likeness (QED) is 0.477. The van der Waals surface area contributed by atoms with Gasteiger partial charge in [-0.25, -0.2) is 13.9 Å². The third kappa shape index (κ3) is 1.80. The molecular formula is C12H12FN5O4. The number of halogens is 1. The summed E-state index contributed by atoms with van der Waals surface area (Å²) >= 11 is 0. The van der Waals surface area contributed by atoms with Crippen LogP contribution < -0.4 is 11.3 Å². The highest BCUT2D eigenvalue weighted by Crippen LogP contribution is 2.41. The van der Waals surface area contributed by atoms with E-state index >= 15 is 0 Å². The Balaban J connectivity index is 2.13. The number of anilines is 1. The molecule has 1 aliphatic heterocycles. The second-order valence-electron chi connectivity index (χ2n) is 4.88. The van der Waals surface area contributed by atoms with Crippen molar-refractivity contribution in [3.63, 3.8) is 0 Å². The smallest absolute Gasteiger partial charge is 0.295 e. The summed E-state index contributed by atoms with van der Waals surface area (Å²) < 4.78 is 20.7. The fourth-order valence-electron chi connectivity index (χ4n) is 2.42. The summed E-state index contributed by atoms with van der Waals surface area (Å²) in [6.07, 6.45) is 1.37. The molecule has 1 fully saturated rings. The highest BCUT2D eigenvalue weighted by atomic mass is 19.1. The van der Waals surface area contributed by atoms with Crippen molar-refractivity contribution in [3.8, 4) is 12.3 Å². The maximum atomic E-state index is 14.4. The van der Waals surface area contributed by atoms with Crippen LogP contribution in [0, 0.1) is 12.3 Å². The number of imidazole rings is 1. The van der Waals surface area contributed by atoms with Gasteiger partial charge in [0.2, 0.25) is 11.6 Å². The molecule has 5 N–H and O–H groups in total. The van der Waals surface area contributed by atoms with Crippen LogP contribution in [0.15, 0.2) is 11.0 Å². The molecule has 0 unspecified atom stereocenters. The summed E-state index contributed by atoms with van der Waals surface area (Å²) in [5.41, 5.74) is 2.89. The standard InChI is InChI=1S/C12H12FN5O4/c1-2-12(4-19)8(20)6(13)7(22-12)5-3-15-9-10(21)16-11(14)17-18(5)9/h1,3,6-8,19-20H,4H2,(H3,14,16,17,21)/t6-,7-,8-,12+/m0/s1. The number of terminal acetylenes is 1.